The van der Waals surface area contributed by atoms with Crippen LogP contribution in [0.25, 0.3) is 0 Å². The summed E-state index contributed by atoms with van der Waals surface area (Å²) in [5.41, 5.74) is 7.35. The molecular formula is C23H20ClFN2O4. The fourth-order valence-electron chi connectivity index (χ4n) is 3.29. The van der Waals surface area contributed by atoms with Crippen LogP contribution in [0, 0.1) is 17.1 Å². The Labute approximate surface area is 184 Å². The zero-order chi connectivity index (χ0) is 22.5. The topological polar surface area (TPSA) is 94.6 Å². The maximum absolute atomic E-state index is 13.3. The third-order valence-corrected chi connectivity index (χ3v) is 4.97. The summed E-state index contributed by atoms with van der Waals surface area (Å²) in [6, 6.07) is 13.0. The van der Waals surface area contributed by atoms with E-state index in [1.165, 1.54) is 12.1 Å². The number of nitriles is 1. The van der Waals surface area contributed by atoms with E-state index in [1.54, 1.807) is 44.2 Å². The standard InChI is InChI=1S/C23H20ClFN2O4/c1-3-29-23(28)20-13(2)31-22(27)17(11-26)21(20)15-7-8-19(18(24)10-15)30-12-14-5-4-6-16(25)9-14/h4-10,21H,3,12,27H2,1-2H3. The number of benzene rings is 2. The van der Waals surface area contributed by atoms with E-state index in [0.29, 0.717) is 16.9 Å². The molecule has 8 heteroatoms. The fourth-order valence-corrected chi connectivity index (χ4v) is 3.53. The van der Waals surface area contributed by atoms with E-state index in [-0.39, 0.29) is 46.8 Å². The third-order valence-electron chi connectivity index (χ3n) is 4.67. The summed E-state index contributed by atoms with van der Waals surface area (Å²) in [4.78, 5) is 12.6. The Kier molecular flexibility index (Phi) is 6.83. The lowest BCUT2D eigenvalue weighted by Crippen LogP contribution is -2.25. The molecule has 31 heavy (non-hydrogen) atoms. The van der Waals surface area contributed by atoms with Gasteiger partial charge in [-0.25, -0.2) is 9.18 Å². The van der Waals surface area contributed by atoms with Crippen LogP contribution in [0.2, 0.25) is 5.02 Å². The number of nitrogens with two attached hydrogens (primary N) is 1. The second kappa shape index (κ2) is 9.54. The zero-order valence-electron chi connectivity index (χ0n) is 16.9. The first-order valence-corrected chi connectivity index (χ1v) is 9.85. The lowest BCUT2D eigenvalue weighted by atomic mass is 9.83. The van der Waals surface area contributed by atoms with Crippen LogP contribution in [0.5, 0.6) is 5.75 Å². The lowest BCUT2D eigenvalue weighted by molar-refractivity contribution is -0.139. The minimum Gasteiger partial charge on any atom is -0.487 e. The number of rotatable bonds is 6. The molecule has 0 fully saturated rings. The highest BCUT2D eigenvalue weighted by molar-refractivity contribution is 6.32. The molecule has 3 rings (SSSR count). The summed E-state index contributed by atoms with van der Waals surface area (Å²) >= 11 is 6.41. The normalized spacial score (nSPS) is 15.9. The smallest absolute Gasteiger partial charge is 0.338 e. The highest BCUT2D eigenvalue weighted by Crippen LogP contribution is 2.41. The number of ether oxygens (including phenoxy) is 3. The van der Waals surface area contributed by atoms with Gasteiger partial charge in [-0.3, -0.25) is 0 Å². The molecule has 1 aliphatic heterocycles. The van der Waals surface area contributed by atoms with Crippen LogP contribution in [0.15, 0.2) is 65.3 Å². The molecule has 2 aromatic carbocycles. The van der Waals surface area contributed by atoms with Crippen LogP contribution in [0.1, 0.15) is 30.9 Å². The summed E-state index contributed by atoms with van der Waals surface area (Å²) in [6.07, 6.45) is 0. The molecule has 0 spiro atoms. The van der Waals surface area contributed by atoms with E-state index in [4.69, 9.17) is 31.5 Å². The van der Waals surface area contributed by atoms with Crippen LogP contribution in [-0.2, 0) is 20.9 Å². The van der Waals surface area contributed by atoms with Gasteiger partial charge in [0.05, 0.1) is 23.1 Å². The van der Waals surface area contributed by atoms with Crippen molar-refractivity contribution in [1.82, 2.24) is 0 Å². The molecule has 0 saturated heterocycles. The summed E-state index contributed by atoms with van der Waals surface area (Å²) in [5.74, 6) is -1.22. The molecule has 2 N–H and O–H groups in total. The van der Waals surface area contributed by atoms with Gasteiger partial charge >= 0.3 is 5.97 Å². The first kappa shape index (κ1) is 22.2. The molecule has 0 amide bonds. The van der Waals surface area contributed by atoms with Gasteiger partial charge in [0.15, 0.2) is 0 Å². The van der Waals surface area contributed by atoms with Crippen molar-refractivity contribution < 1.29 is 23.4 Å². The Morgan fingerprint density at radius 2 is 2.10 bits per heavy atom. The first-order chi connectivity index (χ1) is 14.8. The Hall–Kier alpha value is -3.50. The average Bonchev–Trinajstić information content (AvgIpc) is 2.72. The minimum absolute atomic E-state index is 0.0816. The highest BCUT2D eigenvalue weighted by atomic mass is 35.5. The van der Waals surface area contributed by atoms with Gasteiger partial charge in [0.2, 0.25) is 5.88 Å². The quantitative estimate of drug-likeness (QED) is 0.651. The molecule has 1 atom stereocenters. The SMILES string of the molecule is CCOC(=O)C1=C(C)OC(N)=C(C#N)C1c1ccc(OCc2cccc(F)c2)c(Cl)c1. The maximum atomic E-state index is 13.3. The van der Waals surface area contributed by atoms with Crippen LogP contribution < -0.4 is 10.5 Å². The second-order valence-electron chi connectivity index (χ2n) is 6.72. The lowest BCUT2D eigenvalue weighted by Gasteiger charge is -2.27. The van der Waals surface area contributed by atoms with Gasteiger partial charge < -0.3 is 19.9 Å². The third kappa shape index (κ3) is 4.81. The number of hydrogen-bond donors (Lipinski definition) is 1. The van der Waals surface area contributed by atoms with Gasteiger partial charge in [0.1, 0.15) is 35.6 Å². The largest absolute Gasteiger partial charge is 0.487 e. The van der Waals surface area contributed by atoms with E-state index >= 15 is 0 Å². The highest BCUT2D eigenvalue weighted by Gasteiger charge is 2.36. The Morgan fingerprint density at radius 3 is 2.74 bits per heavy atom. The van der Waals surface area contributed by atoms with E-state index in [1.807, 2.05) is 6.07 Å². The second-order valence-corrected chi connectivity index (χ2v) is 7.13. The predicted molar refractivity (Wildman–Crippen MR) is 112 cm³/mol. The van der Waals surface area contributed by atoms with Gasteiger partial charge in [-0.2, -0.15) is 5.26 Å². The molecule has 0 aromatic heterocycles. The van der Waals surface area contributed by atoms with Crippen molar-refractivity contribution in [2.75, 3.05) is 6.61 Å². The van der Waals surface area contributed by atoms with Crippen molar-refractivity contribution in [3.63, 3.8) is 0 Å². The number of nitrogens with zero attached hydrogens (tertiary/aromatic N) is 1. The van der Waals surface area contributed by atoms with Crippen molar-refractivity contribution in [3.8, 4) is 11.8 Å². The number of halogens is 2. The monoisotopic (exact) mass is 442 g/mol. The van der Waals surface area contributed by atoms with Crippen molar-refractivity contribution in [2.45, 2.75) is 26.4 Å². The Balaban J connectivity index is 1.93. The Bertz CT molecular complexity index is 1120. The van der Waals surface area contributed by atoms with E-state index in [9.17, 15) is 14.4 Å². The molecule has 6 nitrogen and oxygen atoms in total. The Morgan fingerprint density at radius 1 is 1.32 bits per heavy atom. The molecule has 0 bridgehead atoms. The van der Waals surface area contributed by atoms with Crippen LogP contribution in [-0.4, -0.2) is 12.6 Å². The van der Waals surface area contributed by atoms with E-state index in [0.717, 1.165) is 0 Å². The van der Waals surface area contributed by atoms with Gasteiger partial charge in [-0.1, -0.05) is 29.8 Å². The molecule has 0 aliphatic carbocycles. The molecule has 160 valence electrons. The molecule has 1 heterocycles. The summed E-state index contributed by atoms with van der Waals surface area (Å²) in [5, 5.41) is 9.90. The van der Waals surface area contributed by atoms with Gasteiger partial charge in [-0.05, 0) is 49.2 Å². The number of hydrogen-bond acceptors (Lipinski definition) is 6. The van der Waals surface area contributed by atoms with Crippen LogP contribution in [0.4, 0.5) is 4.39 Å². The number of carbonyl (C=O) groups is 1. The van der Waals surface area contributed by atoms with Crippen molar-refractivity contribution in [3.05, 3.63) is 87.2 Å². The number of carbonyl (C=O) groups excluding carboxylic acids is 1. The zero-order valence-corrected chi connectivity index (χ0v) is 17.7. The molecule has 0 saturated carbocycles. The minimum atomic E-state index is -0.799. The van der Waals surface area contributed by atoms with Crippen molar-refractivity contribution in [2.24, 2.45) is 5.73 Å². The van der Waals surface area contributed by atoms with E-state index < -0.39 is 11.9 Å². The number of allylic oxidation sites excluding steroid dienone is 2. The summed E-state index contributed by atoms with van der Waals surface area (Å²) in [7, 11) is 0. The average molecular weight is 443 g/mol. The van der Waals surface area contributed by atoms with Gasteiger partial charge in [0, 0.05) is 0 Å². The molecule has 1 unspecified atom stereocenters. The maximum Gasteiger partial charge on any atom is 0.338 e. The predicted octanol–water partition coefficient (Wildman–Crippen LogP) is 4.70. The fraction of sp³-hybridized carbons (Fsp3) is 0.217. The molecule has 0 radical (unpaired) electrons. The van der Waals surface area contributed by atoms with Crippen molar-refractivity contribution >= 4 is 17.6 Å². The van der Waals surface area contributed by atoms with Gasteiger partial charge in [-0.15, -0.1) is 0 Å². The molecule has 2 aromatic rings. The van der Waals surface area contributed by atoms with Crippen LogP contribution >= 0.6 is 11.6 Å². The summed E-state index contributed by atoms with van der Waals surface area (Å²) < 4.78 is 29.6. The van der Waals surface area contributed by atoms with E-state index in [2.05, 4.69) is 0 Å². The summed E-state index contributed by atoms with van der Waals surface area (Å²) in [6.45, 7) is 3.55. The first-order valence-electron chi connectivity index (χ1n) is 9.47. The van der Waals surface area contributed by atoms with Crippen LogP contribution in [0.3, 0.4) is 0 Å². The van der Waals surface area contributed by atoms with Gasteiger partial charge in [0.25, 0.3) is 0 Å². The molecular weight excluding hydrogens is 423 g/mol. The molecule has 1 aliphatic rings. The number of esters is 1. The van der Waals surface area contributed by atoms with Crippen molar-refractivity contribution in [1.29, 1.82) is 5.26 Å².